The van der Waals surface area contributed by atoms with Gasteiger partial charge in [0.1, 0.15) is 0 Å². The van der Waals surface area contributed by atoms with Gasteiger partial charge in [-0.15, -0.1) is 0 Å². The molecule has 83 heavy (non-hydrogen) atoms. The number of nitrogens with one attached hydrogen (secondary N) is 4. The van der Waals surface area contributed by atoms with Crippen molar-refractivity contribution < 1.29 is 0 Å². The normalized spacial score (nSPS) is 13.8. The Morgan fingerprint density at radius 1 is 0.241 bits per heavy atom. The van der Waals surface area contributed by atoms with E-state index in [1.165, 1.54) is 150 Å². The number of hydrogen-bond donors (Lipinski definition) is 4. The van der Waals surface area contributed by atoms with E-state index in [2.05, 4.69) is 168 Å². The van der Waals surface area contributed by atoms with E-state index in [0.29, 0.717) is 0 Å². The molecule has 6 aromatic heterocycles. The highest BCUT2D eigenvalue weighted by molar-refractivity contribution is 6.00. The first-order valence-corrected chi connectivity index (χ1v) is 32.9. The van der Waals surface area contributed by atoms with Gasteiger partial charge in [-0.05, 0) is 247 Å². The Kier molecular flexibility index (Phi) is 17.7. The van der Waals surface area contributed by atoms with Crippen LogP contribution in [0.1, 0.15) is 269 Å². The molecule has 436 valence electrons. The van der Waals surface area contributed by atoms with Crippen molar-refractivity contribution in [1.82, 2.24) is 39.9 Å². The van der Waals surface area contributed by atoms with Crippen LogP contribution in [0.25, 0.3) is 88.7 Å². The number of rotatable bonds is 19. The first-order chi connectivity index (χ1) is 40.4. The molecule has 0 unspecified atom stereocenters. The molecule has 0 aromatic carbocycles. The zero-order valence-electron chi connectivity index (χ0n) is 53.9. The van der Waals surface area contributed by atoms with Crippen molar-refractivity contribution in [2.24, 2.45) is 0 Å². The zero-order valence-corrected chi connectivity index (χ0v) is 53.9. The Morgan fingerprint density at radius 3 is 0.892 bits per heavy atom. The summed E-state index contributed by atoms with van der Waals surface area (Å²) < 4.78 is 0. The van der Waals surface area contributed by atoms with Gasteiger partial charge in [-0.2, -0.15) is 0 Å². The Hall–Kier alpha value is -6.80. The SMILES string of the molecule is CCC1=C(CC)c2cc3[nH]c(cc4[nH]c(c(CCc5c6[nH]c(cc7nc(c(C)c8nc(cc9[nH]c5c(CC)c9CC)C(CC)=C8CC)C(CC)=C7CC)c(CC)c6CC)c5nc(cc1n2)C(CC)=C5CC)c(CC)c4CC)c(CC)c3CC. The summed E-state index contributed by atoms with van der Waals surface area (Å²) in [6.45, 7) is 39.4. The van der Waals surface area contributed by atoms with Crippen LogP contribution in [-0.2, 0) is 64.2 Å². The summed E-state index contributed by atoms with van der Waals surface area (Å²) in [7, 11) is 0. The molecule has 8 nitrogen and oxygen atoms in total. The predicted molar refractivity (Wildman–Crippen MR) is 359 cm³/mol. The Bertz CT molecular complexity index is 3920. The molecule has 6 aromatic rings. The third-order valence-electron chi connectivity index (χ3n) is 19.4. The van der Waals surface area contributed by atoms with Crippen molar-refractivity contribution in [3.63, 3.8) is 0 Å². The summed E-state index contributed by atoms with van der Waals surface area (Å²) >= 11 is 0. The van der Waals surface area contributed by atoms with Crippen molar-refractivity contribution in [2.75, 3.05) is 0 Å². The maximum atomic E-state index is 5.94. The van der Waals surface area contributed by atoms with Crippen LogP contribution < -0.4 is 0 Å². The lowest BCUT2D eigenvalue weighted by molar-refractivity contribution is 0.951. The van der Waals surface area contributed by atoms with Gasteiger partial charge in [-0.3, -0.25) is 0 Å². The quantitative estimate of drug-likeness (QED) is 0.0647. The zero-order chi connectivity index (χ0) is 59.1. The number of nitrogens with zero attached hydrogens (tertiary/aromatic N) is 4. The van der Waals surface area contributed by atoms with E-state index in [0.717, 1.165) is 161 Å². The van der Waals surface area contributed by atoms with Gasteiger partial charge in [0.05, 0.1) is 45.6 Å². The number of aromatic amines is 4. The lowest BCUT2D eigenvalue weighted by Gasteiger charge is -2.12. The van der Waals surface area contributed by atoms with Gasteiger partial charge in [-0.25, -0.2) is 19.9 Å². The Labute approximate surface area is 496 Å². The fraction of sp³-hybridized carbons (Fsp3) is 0.467. The van der Waals surface area contributed by atoms with E-state index in [-0.39, 0.29) is 0 Å². The number of H-pyrrole nitrogens is 4. The van der Waals surface area contributed by atoms with Gasteiger partial charge in [0.2, 0.25) is 0 Å². The molecule has 0 spiro atoms. The number of fused-ring (bicyclic) bond motifs is 16. The predicted octanol–water partition coefficient (Wildman–Crippen LogP) is 20.5. The summed E-state index contributed by atoms with van der Waals surface area (Å²) in [6, 6.07) is 12.0. The van der Waals surface area contributed by atoms with Crippen molar-refractivity contribution in [2.45, 2.75) is 233 Å². The van der Waals surface area contributed by atoms with Gasteiger partial charge < -0.3 is 19.9 Å². The van der Waals surface area contributed by atoms with Crippen LogP contribution >= 0.6 is 0 Å². The van der Waals surface area contributed by atoms with Crippen LogP contribution in [0.3, 0.4) is 0 Å². The molecule has 16 bridgehead atoms. The van der Waals surface area contributed by atoms with Gasteiger partial charge in [0.25, 0.3) is 0 Å². The minimum absolute atomic E-state index is 0.778. The second-order valence-corrected chi connectivity index (χ2v) is 23.2. The molecule has 8 heteroatoms. The van der Waals surface area contributed by atoms with E-state index < -0.39 is 0 Å². The van der Waals surface area contributed by atoms with Gasteiger partial charge >= 0.3 is 0 Å². The highest BCUT2D eigenvalue weighted by atomic mass is 14.8. The number of allylic oxidation sites excluding steroid dienone is 8. The topological polar surface area (TPSA) is 115 Å². The average molecular weight is 1110 g/mol. The van der Waals surface area contributed by atoms with Crippen LogP contribution in [0.15, 0.2) is 30.3 Å². The van der Waals surface area contributed by atoms with Crippen molar-refractivity contribution in [3.8, 4) is 0 Å². The molecule has 4 aliphatic heterocycles. The van der Waals surface area contributed by atoms with Gasteiger partial charge in [0, 0.05) is 55.3 Å². The summed E-state index contributed by atoms with van der Waals surface area (Å²) in [4.78, 5) is 39.6. The molecular weight excluding hydrogens is 1010 g/mol. The molecular formula is C75H96N8. The van der Waals surface area contributed by atoms with Crippen LogP contribution in [0, 0.1) is 6.92 Å². The highest BCUT2D eigenvalue weighted by Crippen LogP contribution is 2.45. The van der Waals surface area contributed by atoms with E-state index >= 15 is 0 Å². The monoisotopic (exact) mass is 1110 g/mol. The van der Waals surface area contributed by atoms with Crippen molar-refractivity contribution in [3.05, 3.63) is 137 Å². The molecule has 0 atom stereocenters. The maximum Gasteiger partial charge on any atom is 0.0725 e. The molecule has 4 aliphatic rings. The van der Waals surface area contributed by atoms with Gasteiger partial charge in [0.15, 0.2) is 0 Å². The lowest BCUT2D eigenvalue weighted by Crippen LogP contribution is -2.01. The minimum Gasteiger partial charge on any atom is -0.355 e. The Morgan fingerprint density at radius 2 is 0.506 bits per heavy atom. The summed E-state index contributed by atoms with van der Waals surface area (Å²) in [6.07, 6.45) is 16.2. The van der Waals surface area contributed by atoms with E-state index in [1.54, 1.807) is 0 Å². The first kappa shape index (κ1) is 59.4. The molecule has 0 amide bonds. The van der Waals surface area contributed by atoms with Crippen LogP contribution in [0.5, 0.6) is 0 Å². The molecule has 0 aliphatic carbocycles. The maximum absolute atomic E-state index is 5.94. The highest BCUT2D eigenvalue weighted by Gasteiger charge is 2.29. The molecule has 4 N–H and O–H groups in total. The summed E-state index contributed by atoms with van der Waals surface area (Å²) in [5.41, 5.74) is 44.1. The number of aromatic nitrogens is 8. The largest absolute Gasteiger partial charge is 0.355 e. The van der Waals surface area contributed by atoms with Crippen LogP contribution in [-0.4, -0.2) is 39.9 Å². The molecule has 0 saturated heterocycles. The molecule has 0 saturated carbocycles. The molecule has 0 radical (unpaired) electrons. The van der Waals surface area contributed by atoms with Crippen LogP contribution in [0.4, 0.5) is 0 Å². The van der Waals surface area contributed by atoms with E-state index in [9.17, 15) is 0 Å². The van der Waals surface area contributed by atoms with Crippen LogP contribution in [0.2, 0.25) is 0 Å². The van der Waals surface area contributed by atoms with E-state index in [1.807, 2.05) is 0 Å². The smallest absolute Gasteiger partial charge is 0.0725 e. The fourth-order valence-electron chi connectivity index (χ4n) is 15.6. The number of hydrogen-bond acceptors (Lipinski definition) is 4. The lowest BCUT2D eigenvalue weighted by atomic mass is 9.92. The summed E-state index contributed by atoms with van der Waals surface area (Å²) in [5.74, 6) is 0. The molecule has 0 fully saturated rings. The van der Waals surface area contributed by atoms with Gasteiger partial charge in [-0.1, -0.05) is 111 Å². The van der Waals surface area contributed by atoms with Crippen molar-refractivity contribution in [1.29, 1.82) is 0 Å². The van der Waals surface area contributed by atoms with E-state index in [4.69, 9.17) is 19.9 Å². The second kappa shape index (κ2) is 24.8. The third-order valence-corrected chi connectivity index (χ3v) is 19.4. The average Bonchev–Trinajstić information content (AvgIpc) is 3.03. The molecule has 10 rings (SSSR count). The third kappa shape index (κ3) is 9.86. The fourth-order valence-corrected chi connectivity index (χ4v) is 15.6. The minimum atomic E-state index is 0.778. The summed E-state index contributed by atoms with van der Waals surface area (Å²) in [5, 5.41) is 0. The first-order valence-electron chi connectivity index (χ1n) is 32.9. The molecule has 10 heterocycles. The standard InChI is InChI=1S/C75H96N8/c1-18-42-44(20-3)62-37-66-48(24-7)54(30-13)72(80-66)58(73-55(31-14)49(25-8)67(81-73)38-63-45(21-4)43(19-2)61(77-63)36-60(42)76-62)34-35-59-74-56(32-15)50(26-9)68(82-74)39-64-46(22-5)52(28-11)70(78-64)41(17)71-53(29-12)47(23-6)65(79-71)40-69-51(27-10)57(33-16)75(59)83-69/h36-40,76,80,82-83H,18-35H2,1-17H3. The second-order valence-electron chi connectivity index (χ2n) is 23.2. The number of aryl methyl sites for hydroxylation is 10. The Balaban J connectivity index is 1.39. The van der Waals surface area contributed by atoms with Crippen molar-refractivity contribution >= 4 is 88.7 Å².